The molecule has 64 heavy (non-hydrogen) atoms. The molecule has 0 radical (unpaired) electrons. The summed E-state index contributed by atoms with van der Waals surface area (Å²) in [4.78, 5) is 44.6. The first-order valence-corrected chi connectivity index (χ1v) is 21.0. The summed E-state index contributed by atoms with van der Waals surface area (Å²) in [6.45, 7) is 0. The number of benzene rings is 7. The Morgan fingerprint density at radius 1 is 0.234 bits per heavy atom. The molecule has 0 bridgehead atoms. The summed E-state index contributed by atoms with van der Waals surface area (Å²) in [5, 5.41) is 6.34. The first-order valence-electron chi connectivity index (χ1n) is 21.0. The van der Waals surface area contributed by atoms with E-state index in [-0.39, 0.29) is 0 Å². The summed E-state index contributed by atoms with van der Waals surface area (Å²) >= 11 is 0. The van der Waals surface area contributed by atoms with Crippen LogP contribution in [0, 0.1) is 0 Å². The predicted octanol–water partition coefficient (Wildman–Crippen LogP) is 12.5. The summed E-state index contributed by atoms with van der Waals surface area (Å²) in [7, 11) is 0. The Balaban J connectivity index is 1.21. The summed E-state index contributed by atoms with van der Waals surface area (Å²) in [6, 6.07) is 61.6. The van der Waals surface area contributed by atoms with Gasteiger partial charge in [0.15, 0.2) is 34.9 Å². The number of hydrogen-bond acceptors (Lipinski definition) is 9. The lowest BCUT2D eigenvalue weighted by Crippen LogP contribution is -2.03. The van der Waals surface area contributed by atoms with Crippen molar-refractivity contribution in [1.29, 1.82) is 0 Å². The maximum Gasteiger partial charge on any atom is 0.182 e. The van der Waals surface area contributed by atoms with Crippen LogP contribution in [0.15, 0.2) is 201 Å². The molecule has 298 valence electrons. The minimum absolute atomic E-state index is 0.458. The van der Waals surface area contributed by atoms with Crippen LogP contribution in [0.25, 0.3) is 123 Å². The normalized spacial score (nSPS) is 11.4. The van der Waals surface area contributed by atoms with E-state index >= 15 is 0 Å². The second kappa shape index (κ2) is 15.5. The topological polar surface area (TPSA) is 116 Å². The highest BCUT2D eigenvalue weighted by Gasteiger charge is 2.24. The number of pyridine rings is 3. The molecule has 7 aromatic carbocycles. The predicted molar refractivity (Wildman–Crippen MR) is 254 cm³/mol. The average molecular weight is 820 g/mol. The Hall–Kier alpha value is -8.95. The van der Waals surface area contributed by atoms with Crippen molar-refractivity contribution in [3.63, 3.8) is 0 Å². The molecule has 9 nitrogen and oxygen atoms in total. The number of aromatic nitrogens is 9. The van der Waals surface area contributed by atoms with Gasteiger partial charge in [-0.05, 0) is 103 Å². The maximum absolute atomic E-state index is 5.23. The van der Waals surface area contributed by atoms with Gasteiger partial charge in [0.1, 0.15) is 17.1 Å². The molecule has 0 N–H and O–H groups in total. The van der Waals surface area contributed by atoms with Crippen LogP contribution in [0.5, 0.6) is 0 Å². The van der Waals surface area contributed by atoms with Gasteiger partial charge in [-0.2, -0.15) is 0 Å². The SMILES string of the molecule is c1ccc(-c2nc(-c3ccccn3)nc(-c3cc(-c4ccccc4)c4ccc5c(-c6nc(-c7ccccn7)nc(-c7ccccn7)n6)cc(-c6ccccc6)c6ccc3c4c65)n2)cc1. The van der Waals surface area contributed by atoms with Crippen LogP contribution in [-0.4, -0.2) is 44.9 Å². The van der Waals surface area contributed by atoms with Gasteiger partial charge in [0, 0.05) is 35.3 Å². The van der Waals surface area contributed by atoms with Gasteiger partial charge in [-0.15, -0.1) is 0 Å². The van der Waals surface area contributed by atoms with Crippen molar-refractivity contribution >= 4 is 32.3 Å². The maximum atomic E-state index is 5.23. The fourth-order valence-electron chi connectivity index (χ4n) is 8.61. The van der Waals surface area contributed by atoms with Crippen LogP contribution < -0.4 is 0 Å². The molecule has 5 heterocycles. The number of hydrogen-bond donors (Lipinski definition) is 0. The molecule has 0 aliphatic carbocycles. The molecule has 0 aliphatic heterocycles. The summed E-state index contributed by atoms with van der Waals surface area (Å²) in [5.74, 6) is 3.03. The molecular formula is C55H33N9. The second-order valence-electron chi connectivity index (χ2n) is 15.4. The third kappa shape index (κ3) is 6.47. The van der Waals surface area contributed by atoms with E-state index < -0.39 is 0 Å². The molecule has 12 rings (SSSR count). The summed E-state index contributed by atoms with van der Waals surface area (Å²) < 4.78 is 0. The van der Waals surface area contributed by atoms with Crippen LogP contribution >= 0.6 is 0 Å². The Labute approximate surface area is 367 Å². The Morgan fingerprint density at radius 2 is 0.547 bits per heavy atom. The van der Waals surface area contributed by atoms with Gasteiger partial charge < -0.3 is 0 Å². The van der Waals surface area contributed by atoms with Crippen molar-refractivity contribution in [3.8, 4) is 91.0 Å². The van der Waals surface area contributed by atoms with E-state index in [4.69, 9.17) is 29.9 Å². The lowest BCUT2D eigenvalue weighted by Gasteiger charge is -2.21. The monoisotopic (exact) mass is 819 g/mol. The van der Waals surface area contributed by atoms with E-state index in [1.165, 1.54) is 0 Å². The zero-order valence-corrected chi connectivity index (χ0v) is 34.1. The molecule has 0 aliphatic rings. The molecule has 12 aromatic rings. The van der Waals surface area contributed by atoms with Gasteiger partial charge >= 0.3 is 0 Å². The van der Waals surface area contributed by atoms with E-state index in [9.17, 15) is 0 Å². The third-order valence-corrected chi connectivity index (χ3v) is 11.5. The third-order valence-electron chi connectivity index (χ3n) is 11.5. The van der Waals surface area contributed by atoms with Crippen LogP contribution in [0.3, 0.4) is 0 Å². The van der Waals surface area contributed by atoms with Gasteiger partial charge in [-0.25, -0.2) is 29.9 Å². The van der Waals surface area contributed by atoms with Crippen molar-refractivity contribution in [1.82, 2.24) is 44.9 Å². The Bertz CT molecular complexity index is 3270. The molecule has 0 atom stereocenters. The van der Waals surface area contributed by atoms with Crippen molar-refractivity contribution in [3.05, 3.63) is 201 Å². The molecule has 0 fully saturated rings. The Morgan fingerprint density at radius 3 is 0.922 bits per heavy atom. The second-order valence-corrected chi connectivity index (χ2v) is 15.4. The van der Waals surface area contributed by atoms with E-state index in [1.54, 1.807) is 18.6 Å². The Kier molecular flexibility index (Phi) is 8.93. The van der Waals surface area contributed by atoms with Gasteiger partial charge in [0.05, 0.1) is 0 Å². The van der Waals surface area contributed by atoms with Gasteiger partial charge in [0.25, 0.3) is 0 Å². The first-order chi connectivity index (χ1) is 31.7. The van der Waals surface area contributed by atoms with Crippen LogP contribution in [-0.2, 0) is 0 Å². The van der Waals surface area contributed by atoms with Gasteiger partial charge in [-0.1, -0.05) is 133 Å². The molecule has 0 spiro atoms. The van der Waals surface area contributed by atoms with Crippen molar-refractivity contribution in [2.24, 2.45) is 0 Å². The largest absolute Gasteiger partial charge is 0.253 e. The van der Waals surface area contributed by atoms with E-state index in [2.05, 4.69) is 99.9 Å². The van der Waals surface area contributed by atoms with E-state index in [0.29, 0.717) is 52.0 Å². The van der Waals surface area contributed by atoms with Gasteiger partial charge in [0.2, 0.25) is 0 Å². The zero-order chi connectivity index (χ0) is 42.4. The fourth-order valence-corrected chi connectivity index (χ4v) is 8.61. The first kappa shape index (κ1) is 36.9. The zero-order valence-electron chi connectivity index (χ0n) is 34.1. The van der Waals surface area contributed by atoms with Crippen molar-refractivity contribution in [2.75, 3.05) is 0 Å². The molecule has 0 saturated heterocycles. The smallest absolute Gasteiger partial charge is 0.182 e. The quantitative estimate of drug-likeness (QED) is 0.138. The number of rotatable bonds is 8. The lowest BCUT2D eigenvalue weighted by atomic mass is 9.83. The average Bonchev–Trinajstić information content (AvgIpc) is 3.39. The van der Waals surface area contributed by atoms with Gasteiger partial charge in [-0.3, -0.25) is 15.0 Å². The minimum atomic E-state index is 0.458. The molecule has 0 amide bonds. The summed E-state index contributed by atoms with van der Waals surface area (Å²) in [6.07, 6.45) is 5.26. The van der Waals surface area contributed by atoms with Crippen LogP contribution in [0.4, 0.5) is 0 Å². The minimum Gasteiger partial charge on any atom is -0.253 e. The molecule has 0 saturated carbocycles. The van der Waals surface area contributed by atoms with E-state index in [1.807, 2.05) is 97.1 Å². The lowest BCUT2D eigenvalue weighted by molar-refractivity contribution is 1.05. The molecular weight excluding hydrogens is 787 g/mol. The van der Waals surface area contributed by atoms with Crippen molar-refractivity contribution < 1.29 is 0 Å². The highest BCUT2D eigenvalue weighted by atomic mass is 15.1. The number of nitrogens with zero attached hydrogens (tertiary/aromatic N) is 9. The summed E-state index contributed by atoms with van der Waals surface area (Å²) in [5.41, 5.74) is 8.80. The van der Waals surface area contributed by atoms with Crippen LogP contribution in [0.2, 0.25) is 0 Å². The van der Waals surface area contributed by atoms with Crippen molar-refractivity contribution in [2.45, 2.75) is 0 Å². The molecule has 5 aromatic heterocycles. The van der Waals surface area contributed by atoms with Crippen LogP contribution in [0.1, 0.15) is 0 Å². The molecule has 9 heteroatoms. The fraction of sp³-hybridized carbons (Fsp3) is 0. The highest BCUT2D eigenvalue weighted by molar-refractivity contribution is 6.31. The van der Waals surface area contributed by atoms with E-state index in [0.717, 1.165) is 71.3 Å². The standard InChI is InChI=1S/C55H33N9/c1-4-16-34(17-5-1)41-32-43(51-59-50(36-20-8-3-9-21-36)60-53(61-51)45-22-10-13-29-56-45)39-27-25-38-42(35-18-6-2-7-19-35)33-44(40-28-26-37(41)48(39)49(38)40)52-62-54(46-23-11-14-30-57-46)64-55(63-52)47-24-12-15-31-58-47/h1-33H. The highest BCUT2D eigenvalue weighted by Crippen LogP contribution is 2.48. The molecule has 0 unspecified atom stereocenters.